The average molecular weight is 380 g/mol. The normalized spacial score (nSPS) is 35.9. The molecule has 1 rings (SSSR count). The van der Waals surface area contributed by atoms with Gasteiger partial charge < -0.3 is 0 Å². The molecule has 1 fully saturated rings. The monoisotopic (exact) mass is 381 g/mol. The van der Waals surface area contributed by atoms with Crippen molar-refractivity contribution in [2.24, 2.45) is 5.16 Å². The minimum atomic E-state index is -4.72. The molecule has 1 saturated heterocycles. The number of rotatable bonds is 5. The molecule has 1 aliphatic rings. The van der Waals surface area contributed by atoms with Crippen molar-refractivity contribution in [2.45, 2.75) is 36.3 Å². The quantitative estimate of drug-likeness (QED) is 0.142. The van der Waals surface area contributed by atoms with Crippen LogP contribution in [0.2, 0.25) is 0 Å². The van der Waals surface area contributed by atoms with E-state index in [-0.39, 0.29) is 4.61 Å². The molecule has 0 aromatic carbocycles. The zero-order valence-electron chi connectivity index (χ0n) is 10.2. The van der Waals surface area contributed by atoms with Crippen LogP contribution in [0.25, 0.3) is 0 Å². The summed E-state index contributed by atoms with van der Waals surface area (Å²) in [5.74, 6) is 0. The van der Waals surface area contributed by atoms with Gasteiger partial charge in [0.1, 0.15) is 0 Å². The van der Waals surface area contributed by atoms with Gasteiger partial charge in [-0.1, -0.05) is 0 Å². The van der Waals surface area contributed by atoms with E-state index < -0.39 is 61.4 Å². The molecule has 1 heterocycles. The van der Waals surface area contributed by atoms with Gasteiger partial charge in [0.2, 0.25) is 0 Å². The first-order valence-corrected chi connectivity index (χ1v) is 8.54. The molecule has 0 bridgehead atoms. The van der Waals surface area contributed by atoms with E-state index in [4.69, 9.17) is 14.4 Å². The molecule has 1 aliphatic heterocycles. The molecular formula is C8H15NO9SSe. The maximum absolute atomic E-state index is 10.3. The van der Waals surface area contributed by atoms with E-state index in [9.17, 15) is 23.7 Å². The van der Waals surface area contributed by atoms with Gasteiger partial charge in [0, 0.05) is 0 Å². The second-order valence-electron chi connectivity index (χ2n) is 3.93. The Labute approximate surface area is 121 Å². The predicted molar refractivity (Wildman–Crippen MR) is 65.3 cm³/mol. The Morgan fingerprint density at radius 1 is 1.30 bits per heavy atom. The van der Waals surface area contributed by atoms with Crippen LogP contribution < -0.4 is 0 Å². The number of aliphatic hydroxyl groups excluding tert-OH is 4. The van der Waals surface area contributed by atoms with Crippen molar-refractivity contribution in [3.8, 4) is 0 Å². The van der Waals surface area contributed by atoms with Gasteiger partial charge in [0.25, 0.3) is 0 Å². The number of oxime groups is 1. The van der Waals surface area contributed by atoms with E-state index in [0.29, 0.717) is 0 Å². The van der Waals surface area contributed by atoms with Crippen LogP contribution >= 0.6 is 0 Å². The Morgan fingerprint density at radius 3 is 2.40 bits per heavy atom. The van der Waals surface area contributed by atoms with E-state index in [1.807, 2.05) is 0 Å². The second kappa shape index (κ2) is 7.11. The third kappa shape index (κ3) is 4.91. The van der Waals surface area contributed by atoms with E-state index in [1.165, 1.54) is 6.92 Å². The molecule has 0 unspecified atom stereocenters. The Kier molecular flexibility index (Phi) is 6.31. The standard InChI is InChI=1S/C8H15NO9SSe/c1-3(9-18-19(14,15)16)20-8-7(13)6(12)5(11)4(2-10)17-8/h4-8,10-13H,2H2,1H3,(H,14,15,16)/b9-3-/t4-,5-,6+,7-,8+/m1/s1. The van der Waals surface area contributed by atoms with Crippen LogP contribution in [0.1, 0.15) is 6.92 Å². The first-order valence-electron chi connectivity index (χ1n) is 5.33. The van der Waals surface area contributed by atoms with Crippen molar-refractivity contribution in [1.82, 2.24) is 0 Å². The topological polar surface area (TPSA) is 166 Å². The van der Waals surface area contributed by atoms with Gasteiger partial charge in [-0.15, -0.1) is 0 Å². The van der Waals surface area contributed by atoms with Crippen LogP contribution in [0.15, 0.2) is 5.16 Å². The summed E-state index contributed by atoms with van der Waals surface area (Å²) >= 11 is -0.765. The third-order valence-corrected chi connectivity index (χ3v) is 4.84. The summed E-state index contributed by atoms with van der Waals surface area (Å²) in [6.45, 7) is 0.807. The van der Waals surface area contributed by atoms with Crippen LogP contribution in [0.4, 0.5) is 0 Å². The van der Waals surface area contributed by atoms with Gasteiger partial charge in [-0.05, 0) is 0 Å². The first kappa shape index (κ1) is 17.8. The van der Waals surface area contributed by atoms with Crippen LogP contribution in [-0.4, -0.2) is 89.0 Å². The van der Waals surface area contributed by atoms with E-state index in [0.717, 1.165) is 0 Å². The van der Waals surface area contributed by atoms with Gasteiger partial charge in [0.05, 0.1) is 0 Å². The van der Waals surface area contributed by atoms with Crippen molar-refractivity contribution in [3.63, 3.8) is 0 Å². The fraction of sp³-hybridized carbons (Fsp3) is 0.875. The second-order valence-corrected chi connectivity index (χ2v) is 7.64. The van der Waals surface area contributed by atoms with Gasteiger partial charge in [0.15, 0.2) is 0 Å². The van der Waals surface area contributed by atoms with Crippen LogP contribution in [0.5, 0.6) is 0 Å². The Balaban J connectivity index is 2.71. The fourth-order valence-electron chi connectivity index (χ4n) is 1.45. The first-order chi connectivity index (χ1) is 9.15. The number of aliphatic hydroxyl groups is 4. The summed E-state index contributed by atoms with van der Waals surface area (Å²) in [5.41, 5.74) is 0. The summed E-state index contributed by atoms with van der Waals surface area (Å²) in [4.78, 5) is 0. The molecule has 0 saturated carbocycles. The predicted octanol–water partition coefficient (Wildman–Crippen LogP) is -3.36. The SMILES string of the molecule is C/C(=N/OS(=O)(=O)O)[Se][C@@H]1O[C@H](CO)[C@@H](O)[C@H](O)[C@H]1O. The Bertz CT molecular complexity index is 453. The van der Waals surface area contributed by atoms with Gasteiger partial charge >= 0.3 is 120 Å². The van der Waals surface area contributed by atoms with Crippen molar-refractivity contribution in [3.05, 3.63) is 0 Å². The molecule has 118 valence electrons. The molecule has 5 N–H and O–H groups in total. The third-order valence-electron chi connectivity index (χ3n) is 2.40. The summed E-state index contributed by atoms with van der Waals surface area (Å²) < 4.78 is 38.1. The van der Waals surface area contributed by atoms with Gasteiger partial charge in [-0.3, -0.25) is 0 Å². The molecule has 0 spiro atoms. The summed E-state index contributed by atoms with van der Waals surface area (Å²) in [6.07, 6.45) is -5.45. The minimum absolute atomic E-state index is 0.111. The maximum atomic E-state index is 10.3. The molecule has 10 nitrogen and oxygen atoms in total. The molecule has 5 atom stereocenters. The fourth-order valence-corrected chi connectivity index (χ4v) is 3.69. The summed E-state index contributed by atoms with van der Waals surface area (Å²) in [6, 6.07) is 0. The van der Waals surface area contributed by atoms with Crippen LogP contribution in [0.3, 0.4) is 0 Å². The zero-order chi connectivity index (χ0) is 15.5. The molecule has 20 heavy (non-hydrogen) atoms. The average Bonchev–Trinajstić information content (AvgIpc) is 2.36. The number of ether oxygens (including phenoxy) is 1. The Morgan fingerprint density at radius 2 is 1.90 bits per heavy atom. The number of hydrogen-bond acceptors (Lipinski definition) is 9. The summed E-state index contributed by atoms with van der Waals surface area (Å²) in [5, 5.41) is 40.0. The van der Waals surface area contributed by atoms with Crippen molar-refractivity contribution in [1.29, 1.82) is 0 Å². The van der Waals surface area contributed by atoms with Crippen molar-refractivity contribution in [2.75, 3.05) is 6.61 Å². The number of hydrogen-bond donors (Lipinski definition) is 5. The van der Waals surface area contributed by atoms with E-state index >= 15 is 0 Å². The van der Waals surface area contributed by atoms with Gasteiger partial charge in [-0.2, -0.15) is 0 Å². The molecule has 0 amide bonds. The molecule has 0 aliphatic carbocycles. The molecule has 0 aromatic rings. The Hall–Kier alpha value is -0.301. The van der Waals surface area contributed by atoms with Crippen molar-refractivity contribution >= 4 is 30.0 Å². The number of nitrogens with zero attached hydrogens (tertiary/aromatic N) is 1. The van der Waals surface area contributed by atoms with E-state index in [2.05, 4.69) is 9.44 Å². The summed E-state index contributed by atoms with van der Waals surface area (Å²) in [7, 11) is -4.72. The molecular weight excluding hydrogens is 365 g/mol. The van der Waals surface area contributed by atoms with E-state index in [1.54, 1.807) is 0 Å². The van der Waals surface area contributed by atoms with Crippen LogP contribution in [0, 0.1) is 0 Å². The van der Waals surface area contributed by atoms with Crippen molar-refractivity contribution < 1.29 is 42.4 Å². The molecule has 12 heteroatoms. The molecule has 0 radical (unpaired) electrons. The molecule has 0 aromatic heterocycles. The van der Waals surface area contributed by atoms with Crippen LogP contribution in [-0.2, 0) is 19.4 Å². The zero-order valence-corrected chi connectivity index (χ0v) is 12.8. The van der Waals surface area contributed by atoms with Gasteiger partial charge in [-0.25, -0.2) is 0 Å².